The number of hydrogen-bond donors (Lipinski definition) is 0. The molecule has 0 aromatic heterocycles. The fourth-order valence-electron chi connectivity index (χ4n) is 3.08. The Kier molecular flexibility index (Phi) is 9.94. The normalized spacial score (nSPS) is 9.44. The van der Waals surface area contributed by atoms with Gasteiger partial charge in [0.25, 0.3) is 0 Å². The Morgan fingerprint density at radius 2 is 0.960 bits per heavy atom. The SMILES string of the molecule is Cc1cc2c(C)cccc2[cH-]1.Cc1cc2c(C)cccc2[cH-]1.[Cl-].[Cl-].[Hf+4]. The van der Waals surface area contributed by atoms with Crippen LogP contribution in [0, 0.1) is 27.7 Å². The summed E-state index contributed by atoms with van der Waals surface area (Å²) in [7, 11) is 0. The first kappa shape index (κ1) is 24.1. The second-order valence-electron chi connectivity index (χ2n) is 6.22. The van der Waals surface area contributed by atoms with E-state index in [0.717, 1.165) is 0 Å². The van der Waals surface area contributed by atoms with Gasteiger partial charge in [-0.2, -0.15) is 12.1 Å². The molecular formula is C22H22Cl2Hf. The Hall–Kier alpha value is -0.890. The van der Waals surface area contributed by atoms with E-state index >= 15 is 0 Å². The molecule has 4 rings (SSSR count). The van der Waals surface area contributed by atoms with E-state index in [4.69, 9.17) is 0 Å². The van der Waals surface area contributed by atoms with Crippen LogP contribution in [0.2, 0.25) is 0 Å². The molecule has 128 valence electrons. The third kappa shape index (κ3) is 5.54. The maximum Gasteiger partial charge on any atom is 4.00 e. The van der Waals surface area contributed by atoms with Crippen LogP contribution in [0.1, 0.15) is 22.3 Å². The van der Waals surface area contributed by atoms with Crippen molar-refractivity contribution < 1.29 is 50.7 Å². The molecule has 0 aliphatic heterocycles. The van der Waals surface area contributed by atoms with Gasteiger partial charge in [0.15, 0.2) is 0 Å². The number of aryl methyl sites for hydroxylation is 4. The molecule has 0 amide bonds. The van der Waals surface area contributed by atoms with Crippen molar-refractivity contribution in [2.75, 3.05) is 0 Å². The van der Waals surface area contributed by atoms with E-state index < -0.39 is 0 Å². The molecular weight excluding hydrogens is 514 g/mol. The van der Waals surface area contributed by atoms with Gasteiger partial charge in [0.2, 0.25) is 0 Å². The number of halogens is 2. The topological polar surface area (TPSA) is 0 Å². The number of rotatable bonds is 0. The summed E-state index contributed by atoms with van der Waals surface area (Å²) in [6.07, 6.45) is 0. The Labute approximate surface area is 182 Å². The predicted octanol–water partition coefficient (Wildman–Crippen LogP) is 0.357. The molecule has 0 saturated heterocycles. The first-order valence-corrected chi connectivity index (χ1v) is 7.80. The van der Waals surface area contributed by atoms with Crippen molar-refractivity contribution in [3.63, 3.8) is 0 Å². The Morgan fingerprint density at radius 3 is 1.28 bits per heavy atom. The molecule has 0 heterocycles. The zero-order valence-corrected chi connectivity index (χ0v) is 20.1. The van der Waals surface area contributed by atoms with Crippen LogP contribution in [0.15, 0.2) is 60.7 Å². The summed E-state index contributed by atoms with van der Waals surface area (Å²) < 4.78 is 0. The van der Waals surface area contributed by atoms with Crippen molar-refractivity contribution >= 4 is 21.5 Å². The second-order valence-corrected chi connectivity index (χ2v) is 6.22. The van der Waals surface area contributed by atoms with Crippen molar-refractivity contribution in [2.24, 2.45) is 0 Å². The molecule has 0 N–H and O–H groups in total. The molecule has 0 fully saturated rings. The molecule has 25 heavy (non-hydrogen) atoms. The molecule has 0 unspecified atom stereocenters. The molecule has 0 radical (unpaired) electrons. The summed E-state index contributed by atoms with van der Waals surface area (Å²) >= 11 is 0. The maximum absolute atomic E-state index is 2.24. The van der Waals surface area contributed by atoms with Crippen molar-refractivity contribution in [1.29, 1.82) is 0 Å². The van der Waals surface area contributed by atoms with Crippen molar-refractivity contribution in [3.05, 3.63) is 82.9 Å². The fourth-order valence-corrected chi connectivity index (χ4v) is 3.08. The van der Waals surface area contributed by atoms with E-state index in [9.17, 15) is 0 Å². The third-order valence-corrected chi connectivity index (χ3v) is 4.23. The van der Waals surface area contributed by atoms with E-state index in [2.05, 4.69) is 88.4 Å². The molecule has 3 heteroatoms. The van der Waals surface area contributed by atoms with Crippen LogP contribution in [0.4, 0.5) is 0 Å². The largest absolute Gasteiger partial charge is 4.00 e. The van der Waals surface area contributed by atoms with Crippen LogP contribution in [0.5, 0.6) is 0 Å². The van der Waals surface area contributed by atoms with Gasteiger partial charge >= 0.3 is 25.8 Å². The summed E-state index contributed by atoms with van der Waals surface area (Å²) in [4.78, 5) is 0. The van der Waals surface area contributed by atoms with E-state index in [0.29, 0.717) is 0 Å². The number of benzene rings is 2. The summed E-state index contributed by atoms with van der Waals surface area (Å²) in [6.45, 7) is 8.59. The average molecular weight is 536 g/mol. The van der Waals surface area contributed by atoms with Crippen molar-refractivity contribution in [3.8, 4) is 0 Å². The summed E-state index contributed by atoms with van der Waals surface area (Å²) in [5.41, 5.74) is 5.45. The van der Waals surface area contributed by atoms with Gasteiger partial charge in [0, 0.05) is 0 Å². The predicted molar refractivity (Wildman–Crippen MR) is 98.0 cm³/mol. The zero-order valence-electron chi connectivity index (χ0n) is 15.0. The van der Waals surface area contributed by atoms with Gasteiger partial charge < -0.3 is 24.8 Å². The molecule has 0 aliphatic carbocycles. The van der Waals surface area contributed by atoms with Crippen molar-refractivity contribution in [1.82, 2.24) is 0 Å². The first-order chi connectivity index (χ1) is 10.5. The number of fused-ring (bicyclic) bond motifs is 2. The summed E-state index contributed by atoms with van der Waals surface area (Å²) in [5.74, 6) is 0. The minimum atomic E-state index is 0. The minimum absolute atomic E-state index is 0. The third-order valence-electron chi connectivity index (χ3n) is 4.23. The van der Waals surface area contributed by atoms with Gasteiger partial charge in [0.1, 0.15) is 0 Å². The standard InChI is InChI=1S/2C11H11.2ClH.Hf/c2*1-8-6-10-5-3-4-9(2)11(10)7-8;;;/h2*3-7H,1-2H3;2*1H;/q2*-1;;;+4/p-2. The van der Waals surface area contributed by atoms with Crippen LogP contribution >= 0.6 is 0 Å². The second kappa shape index (κ2) is 10.3. The molecule has 4 aromatic carbocycles. The van der Waals surface area contributed by atoms with E-state index in [-0.39, 0.29) is 50.7 Å². The van der Waals surface area contributed by atoms with Gasteiger partial charge in [-0.3, -0.25) is 0 Å². The molecule has 0 aliphatic rings. The Bertz CT molecular complexity index is 854. The van der Waals surface area contributed by atoms with Crippen LogP contribution in [-0.4, -0.2) is 0 Å². The number of hydrogen-bond acceptors (Lipinski definition) is 0. The average Bonchev–Trinajstić information content (AvgIpc) is 3.03. The van der Waals surface area contributed by atoms with Gasteiger partial charge in [-0.15, -0.1) is 69.1 Å². The van der Waals surface area contributed by atoms with Crippen LogP contribution < -0.4 is 24.8 Å². The molecule has 4 aromatic rings. The van der Waals surface area contributed by atoms with Crippen molar-refractivity contribution in [2.45, 2.75) is 27.7 Å². The maximum atomic E-state index is 2.24. The minimum Gasteiger partial charge on any atom is -1.00 e. The summed E-state index contributed by atoms with van der Waals surface area (Å²) in [6, 6.07) is 21.8. The molecule has 0 nitrogen and oxygen atoms in total. The first-order valence-electron chi connectivity index (χ1n) is 7.80. The van der Waals surface area contributed by atoms with E-state index in [1.807, 2.05) is 0 Å². The molecule has 0 bridgehead atoms. The van der Waals surface area contributed by atoms with Gasteiger partial charge in [-0.05, 0) is 13.8 Å². The Balaban J connectivity index is 0.000000411. The quantitative estimate of drug-likeness (QED) is 0.225. The molecule has 0 spiro atoms. The monoisotopic (exact) mass is 536 g/mol. The van der Waals surface area contributed by atoms with Crippen LogP contribution in [-0.2, 0) is 25.8 Å². The van der Waals surface area contributed by atoms with Gasteiger partial charge in [-0.25, -0.2) is 0 Å². The summed E-state index contributed by atoms with van der Waals surface area (Å²) in [5, 5.41) is 5.51. The molecule has 0 saturated carbocycles. The van der Waals surface area contributed by atoms with Gasteiger partial charge in [0.05, 0.1) is 0 Å². The van der Waals surface area contributed by atoms with E-state index in [1.54, 1.807) is 0 Å². The van der Waals surface area contributed by atoms with Gasteiger partial charge in [-0.1, -0.05) is 37.1 Å². The molecule has 0 atom stereocenters. The van der Waals surface area contributed by atoms with Crippen LogP contribution in [0.25, 0.3) is 21.5 Å². The Morgan fingerprint density at radius 1 is 0.600 bits per heavy atom. The smallest absolute Gasteiger partial charge is 1.00 e. The fraction of sp³-hybridized carbons (Fsp3) is 0.182. The van der Waals surface area contributed by atoms with Crippen LogP contribution in [0.3, 0.4) is 0 Å². The zero-order chi connectivity index (χ0) is 15.7. The van der Waals surface area contributed by atoms with E-state index in [1.165, 1.54) is 43.8 Å².